The highest BCUT2D eigenvalue weighted by atomic mass is 127. The highest BCUT2D eigenvalue weighted by molar-refractivity contribution is 14.2. The van der Waals surface area contributed by atoms with E-state index in [1.54, 1.807) is 24.3 Å². The summed E-state index contributed by atoms with van der Waals surface area (Å²) in [7, 11) is -4.09. The van der Waals surface area contributed by atoms with Crippen molar-refractivity contribution in [3.63, 3.8) is 0 Å². The molecule has 2 aromatic rings. The van der Waals surface area contributed by atoms with E-state index in [0.717, 1.165) is 12.5 Å². The van der Waals surface area contributed by atoms with E-state index in [0.29, 0.717) is 15.9 Å². The zero-order valence-corrected chi connectivity index (χ0v) is 15.7. The van der Waals surface area contributed by atoms with E-state index >= 15 is 0 Å². The Balaban J connectivity index is 2.37. The van der Waals surface area contributed by atoms with E-state index in [1.807, 2.05) is 6.92 Å². The van der Waals surface area contributed by atoms with Crippen molar-refractivity contribution in [1.29, 1.82) is 0 Å². The predicted octanol–water partition coefficient (Wildman–Crippen LogP) is 4.10. The van der Waals surface area contributed by atoms with Crippen LogP contribution in [0.3, 0.4) is 0 Å². The van der Waals surface area contributed by atoms with Crippen LogP contribution >= 0.6 is 21.0 Å². The fraction of sp³-hybridized carbons (Fsp3) is 0.200. The van der Waals surface area contributed by atoms with Crippen molar-refractivity contribution >= 4 is 36.7 Å². The molecule has 9 heteroatoms. The first-order chi connectivity index (χ1) is 11.5. The summed E-state index contributed by atoms with van der Waals surface area (Å²) in [6.07, 6.45) is 0.832. The van der Waals surface area contributed by atoms with Gasteiger partial charge in [0.15, 0.2) is 4.90 Å². The van der Waals surface area contributed by atoms with Gasteiger partial charge in [-0.3, -0.25) is 10.1 Å². The number of nitro benzene ring substituents is 1. The largest absolute Gasteiger partial charge is 0.492 e. The van der Waals surface area contributed by atoms with Gasteiger partial charge < -0.3 is 4.74 Å². The summed E-state index contributed by atoms with van der Waals surface area (Å²) >= 11 is -1.27. The molecule has 0 aliphatic heterocycles. The molecule has 0 atom stereocenters. The van der Waals surface area contributed by atoms with Crippen LogP contribution in [0.15, 0.2) is 56.0 Å². The van der Waals surface area contributed by atoms with Crippen LogP contribution in [0.5, 0.6) is 5.75 Å². The standard InChI is InChI=1S/C15H15IN2O5S/c1-2-11-23-14-9-5-3-7-12(14)16-17-24(21,22)15-10-6-4-8-13(15)18(19)20/h3-10H,2,11H2,1H3. The monoisotopic (exact) mass is 462 g/mol. The van der Waals surface area contributed by atoms with Crippen LogP contribution in [0.4, 0.5) is 5.69 Å². The van der Waals surface area contributed by atoms with Crippen molar-refractivity contribution in [2.24, 2.45) is 2.55 Å². The Labute approximate surface area is 150 Å². The van der Waals surface area contributed by atoms with Crippen LogP contribution in [-0.4, -0.2) is 19.9 Å². The lowest BCUT2D eigenvalue weighted by Crippen LogP contribution is -2.01. The van der Waals surface area contributed by atoms with Gasteiger partial charge in [0, 0.05) is 6.07 Å². The topological polar surface area (TPSA) is 98.9 Å². The lowest BCUT2D eigenvalue weighted by molar-refractivity contribution is -0.387. The van der Waals surface area contributed by atoms with Gasteiger partial charge in [0.25, 0.3) is 15.7 Å². The van der Waals surface area contributed by atoms with Gasteiger partial charge in [0.1, 0.15) is 5.75 Å². The Morgan fingerprint density at radius 1 is 1.17 bits per heavy atom. The SMILES string of the molecule is CCCOc1ccccc1I=NS(=O)(=O)c1ccccc1[N+](=O)[O-]. The lowest BCUT2D eigenvalue weighted by Gasteiger charge is -2.06. The molecule has 0 bridgehead atoms. The van der Waals surface area contributed by atoms with Crippen molar-refractivity contribution < 1.29 is 18.1 Å². The minimum atomic E-state index is -4.09. The minimum Gasteiger partial charge on any atom is -0.492 e. The van der Waals surface area contributed by atoms with E-state index in [1.165, 1.54) is 18.2 Å². The predicted molar refractivity (Wildman–Crippen MR) is 97.7 cm³/mol. The number of para-hydroxylation sites is 2. The maximum Gasteiger partial charge on any atom is 0.293 e. The van der Waals surface area contributed by atoms with Crippen LogP contribution in [0.2, 0.25) is 0 Å². The van der Waals surface area contributed by atoms with Crippen molar-refractivity contribution in [2.75, 3.05) is 6.61 Å². The smallest absolute Gasteiger partial charge is 0.293 e. The summed E-state index contributed by atoms with van der Waals surface area (Å²) in [5.41, 5.74) is -0.472. The Morgan fingerprint density at radius 3 is 2.54 bits per heavy atom. The summed E-state index contributed by atoms with van der Waals surface area (Å²) in [4.78, 5) is 9.89. The Hall–Kier alpha value is -1.88. The second kappa shape index (κ2) is 8.29. The third kappa shape index (κ3) is 4.57. The third-order valence-electron chi connectivity index (χ3n) is 2.85. The zero-order chi connectivity index (χ0) is 17.6. The molecular formula is C15H15IN2O5S. The first-order valence-corrected chi connectivity index (χ1v) is 10.5. The lowest BCUT2D eigenvalue weighted by atomic mass is 10.3. The molecule has 0 fully saturated rings. The summed E-state index contributed by atoms with van der Waals surface area (Å²) in [5, 5.41) is 11.0. The second-order valence-electron chi connectivity index (χ2n) is 4.63. The highest BCUT2D eigenvalue weighted by Gasteiger charge is 2.24. The molecule has 7 nitrogen and oxygen atoms in total. The number of sulfonamides is 1. The maximum absolute atomic E-state index is 12.4. The number of hydrogen-bond donors (Lipinski definition) is 0. The molecule has 0 radical (unpaired) electrons. The normalized spacial score (nSPS) is 11.9. The van der Waals surface area contributed by atoms with Crippen molar-refractivity contribution in [3.8, 4) is 5.75 Å². The molecule has 0 spiro atoms. The molecule has 2 rings (SSSR count). The first kappa shape index (κ1) is 18.5. The molecule has 0 aliphatic rings. The molecule has 0 amide bonds. The Morgan fingerprint density at radius 2 is 1.83 bits per heavy atom. The van der Waals surface area contributed by atoms with Gasteiger partial charge in [-0.25, -0.2) is 0 Å². The van der Waals surface area contributed by atoms with Crippen molar-refractivity contribution in [1.82, 2.24) is 0 Å². The van der Waals surface area contributed by atoms with Crippen LogP contribution < -0.4 is 4.74 Å². The molecule has 0 unspecified atom stereocenters. The summed E-state index contributed by atoms with van der Waals surface area (Å²) in [6, 6.07) is 12.3. The third-order valence-corrected chi connectivity index (χ3v) is 7.56. The van der Waals surface area contributed by atoms with Gasteiger partial charge in [0.05, 0.1) is 36.1 Å². The molecule has 0 saturated carbocycles. The van der Waals surface area contributed by atoms with Crippen molar-refractivity contribution in [3.05, 3.63) is 62.2 Å². The zero-order valence-electron chi connectivity index (χ0n) is 12.8. The summed E-state index contributed by atoms with van der Waals surface area (Å²) in [6.45, 7) is 2.50. The molecule has 128 valence electrons. The summed E-state index contributed by atoms with van der Waals surface area (Å²) < 4.78 is 34.8. The molecule has 0 aromatic heterocycles. The molecule has 24 heavy (non-hydrogen) atoms. The first-order valence-electron chi connectivity index (χ1n) is 7.02. The summed E-state index contributed by atoms with van der Waals surface area (Å²) in [5.74, 6) is 0.605. The number of hydrogen-bond acceptors (Lipinski definition) is 5. The maximum atomic E-state index is 12.4. The van der Waals surface area contributed by atoms with Gasteiger partial charge in [0.2, 0.25) is 0 Å². The number of nitrogens with zero attached hydrogens (tertiary/aromatic N) is 2. The molecular weight excluding hydrogens is 447 g/mol. The van der Waals surface area contributed by atoms with E-state index in [2.05, 4.69) is 2.55 Å². The van der Waals surface area contributed by atoms with E-state index in [4.69, 9.17) is 4.74 Å². The van der Waals surface area contributed by atoms with Crippen LogP contribution in [0.25, 0.3) is 0 Å². The number of benzene rings is 2. The fourth-order valence-electron chi connectivity index (χ4n) is 1.79. The molecule has 0 saturated heterocycles. The van der Waals surface area contributed by atoms with Crippen LogP contribution in [0.1, 0.15) is 13.3 Å². The van der Waals surface area contributed by atoms with Gasteiger partial charge in [-0.05, 0) is 24.6 Å². The van der Waals surface area contributed by atoms with E-state index in [-0.39, 0.29) is 4.90 Å². The van der Waals surface area contributed by atoms with E-state index < -0.39 is 41.7 Å². The average molecular weight is 462 g/mol. The number of ether oxygens (including phenoxy) is 1. The average Bonchev–Trinajstić information content (AvgIpc) is 2.59. The van der Waals surface area contributed by atoms with Crippen molar-refractivity contribution in [2.45, 2.75) is 18.2 Å². The van der Waals surface area contributed by atoms with Gasteiger partial charge in [-0.15, -0.1) is 2.55 Å². The molecule has 2 aromatic carbocycles. The Bertz CT molecular complexity index is 868. The molecule has 0 N–H and O–H groups in total. The Kier molecular flexibility index (Phi) is 6.37. The highest BCUT2D eigenvalue weighted by Crippen LogP contribution is 2.31. The van der Waals surface area contributed by atoms with Gasteiger partial charge in [-0.2, -0.15) is 8.42 Å². The minimum absolute atomic E-state index is 0.387. The number of rotatable bonds is 7. The quantitative estimate of drug-likeness (QED) is 0.351. The van der Waals surface area contributed by atoms with Crippen LogP contribution in [-0.2, 0) is 10.0 Å². The number of nitro groups is 1. The van der Waals surface area contributed by atoms with Gasteiger partial charge in [-0.1, -0.05) is 31.2 Å². The van der Waals surface area contributed by atoms with Gasteiger partial charge >= 0.3 is 0 Å². The molecule has 0 aliphatic carbocycles. The van der Waals surface area contributed by atoms with Crippen LogP contribution in [0, 0.1) is 13.7 Å². The fourth-order valence-corrected chi connectivity index (χ4v) is 5.68. The van der Waals surface area contributed by atoms with E-state index in [9.17, 15) is 18.5 Å². The second-order valence-corrected chi connectivity index (χ2v) is 8.99. The molecule has 0 heterocycles. The number of halogens is 1.